The summed E-state index contributed by atoms with van der Waals surface area (Å²) in [6.07, 6.45) is 8.15. The summed E-state index contributed by atoms with van der Waals surface area (Å²) in [7, 11) is 0. The van der Waals surface area contributed by atoms with E-state index < -0.39 is 0 Å². The number of aromatic nitrogens is 2. The number of hydrogen-bond donors (Lipinski definition) is 0. The van der Waals surface area contributed by atoms with Crippen molar-refractivity contribution in [3.8, 4) is 67.0 Å². The summed E-state index contributed by atoms with van der Waals surface area (Å²) < 4.78 is 5.11. The highest BCUT2D eigenvalue weighted by molar-refractivity contribution is 6.14. The van der Waals surface area contributed by atoms with Crippen LogP contribution in [0.2, 0.25) is 0 Å². The van der Waals surface area contributed by atoms with Gasteiger partial charge in [0.15, 0.2) is 0 Å². The van der Waals surface area contributed by atoms with Crippen LogP contribution >= 0.6 is 0 Å². The number of hydrogen-bond acceptors (Lipinski definition) is 0. The van der Waals surface area contributed by atoms with Crippen molar-refractivity contribution >= 4 is 43.6 Å². The third-order valence-electron chi connectivity index (χ3n) is 22.8. The highest BCUT2D eigenvalue weighted by Crippen LogP contribution is 2.77. The predicted octanol–water partition coefficient (Wildman–Crippen LogP) is 22.2. The van der Waals surface area contributed by atoms with E-state index in [0.29, 0.717) is 17.8 Å². The molecule has 2 heteroatoms. The zero-order chi connectivity index (χ0) is 57.9. The van der Waals surface area contributed by atoms with Gasteiger partial charge in [0.1, 0.15) is 0 Å². The Morgan fingerprint density at radius 2 is 0.773 bits per heavy atom. The van der Waals surface area contributed by atoms with E-state index in [1.54, 1.807) is 22.3 Å². The summed E-state index contributed by atoms with van der Waals surface area (Å²) >= 11 is 0. The quantitative estimate of drug-likeness (QED) is 0.157. The Labute approximate surface area is 515 Å². The van der Waals surface area contributed by atoms with Gasteiger partial charge in [-0.15, -0.1) is 0 Å². The summed E-state index contributed by atoms with van der Waals surface area (Å²) in [6, 6.07) is 108. The number of benzene rings is 12. The lowest BCUT2D eigenvalue weighted by atomic mass is 9.33. The second-order valence-electron chi connectivity index (χ2n) is 26.8. The Balaban J connectivity index is 0.845. The van der Waals surface area contributed by atoms with Gasteiger partial charge < -0.3 is 9.13 Å². The van der Waals surface area contributed by atoms with E-state index in [1.165, 1.54) is 147 Å². The summed E-state index contributed by atoms with van der Waals surface area (Å²) in [5.41, 5.74) is 29.6. The number of para-hydroxylation sites is 2. The molecule has 19 rings (SSSR count). The van der Waals surface area contributed by atoms with E-state index in [4.69, 9.17) is 0 Å². The molecule has 14 aromatic rings. The zero-order valence-corrected chi connectivity index (χ0v) is 49.6. The molecule has 5 aliphatic carbocycles. The summed E-state index contributed by atoms with van der Waals surface area (Å²) in [5.74, 6) is 1.11. The first-order valence-electron chi connectivity index (χ1n) is 32.3. The Morgan fingerprint density at radius 1 is 0.318 bits per heavy atom. The van der Waals surface area contributed by atoms with Gasteiger partial charge in [-0.2, -0.15) is 0 Å². The molecule has 2 nitrogen and oxygen atoms in total. The first-order chi connectivity index (χ1) is 43.5. The smallest absolute Gasteiger partial charge is 0.0543 e. The van der Waals surface area contributed by atoms with E-state index in [2.05, 4.69) is 295 Å². The Morgan fingerprint density at radius 3 is 1.44 bits per heavy atom. The standard InChI is InChI=1S/C86H66N2/c1-55-22-8-9-27-63(55)67-31-14-17-35-74(67)84-46-21-47-85-52-61(54-86(83(84)85)53-60(51-84)64-28-10-12-30-66(64)68-32-15-18-36-75(68)86)65-29-11-13-34-70(65)82-76(85)37-20-39-81(82)88-77-38-19-16-33-69(77)71-49-58(42-45-80(71)88)59-41-44-79-73(50-59)72-48-57(56-23-4-2-5-24-56)40-43-78(72)87(79)62-25-6-3-7-26-62/h2-20,22-45,48-50,60-61,83H,21,46-47,51-54H2,1H3. The third kappa shape index (κ3) is 6.95. The Bertz CT molecular complexity index is 5190. The van der Waals surface area contributed by atoms with Gasteiger partial charge in [0.2, 0.25) is 0 Å². The largest absolute Gasteiger partial charge is 0.309 e. The third-order valence-corrected chi connectivity index (χ3v) is 22.8. The highest BCUT2D eigenvalue weighted by atomic mass is 15.0. The van der Waals surface area contributed by atoms with Crippen molar-refractivity contribution in [3.63, 3.8) is 0 Å². The second kappa shape index (κ2) is 18.9. The molecule has 2 aromatic heterocycles. The fraction of sp³-hybridized carbons (Fsp3) is 0.163. The van der Waals surface area contributed by atoms with Gasteiger partial charge in [-0.25, -0.2) is 0 Å². The maximum absolute atomic E-state index is 2.67. The lowest BCUT2D eigenvalue weighted by Gasteiger charge is -2.70. The van der Waals surface area contributed by atoms with Crippen LogP contribution in [0, 0.1) is 12.8 Å². The van der Waals surface area contributed by atoms with E-state index in [-0.39, 0.29) is 16.2 Å². The average Bonchev–Trinajstić information content (AvgIpc) is 1.24. The predicted molar refractivity (Wildman–Crippen MR) is 366 cm³/mol. The molecule has 4 bridgehead atoms. The molecule has 0 N–H and O–H groups in total. The van der Waals surface area contributed by atoms with Crippen molar-refractivity contribution in [1.29, 1.82) is 0 Å². The lowest BCUT2D eigenvalue weighted by molar-refractivity contribution is -0.0729. The molecule has 420 valence electrons. The van der Waals surface area contributed by atoms with Crippen molar-refractivity contribution in [2.24, 2.45) is 5.92 Å². The van der Waals surface area contributed by atoms with Crippen LogP contribution in [0.4, 0.5) is 0 Å². The monoisotopic (exact) mass is 1130 g/mol. The molecule has 2 spiro atoms. The van der Waals surface area contributed by atoms with Gasteiger partial charge in [-0.1, -0.05) is 225 Å². The van der Waals surface area contributed by atoms with Crippen molar-refractivity contribution in [1.82, 2.24) is 9.13 Å². The molecule has 0 radical (unpaired) electrons. The summed E-state index contributed by atoms with van der Waals surface area (Å²) in [5, 5.41) is 5.07. The van der Waals surface area contributed by atoms with Crippen molar-refractivity contribution in [3.05, 3.63) is 312 Å². The molecule has 5 aliphatic rings. The molecule has 2 heterocycles. The Kier molecular flexibility index (Phi) is 10.8. The van der Waals surface area contributed by atoms with E-state index in [1.807, 2.05) is 0 Å². The molecule has 6 atom stereocenters. The van der Waals surface area contributed by atoms with Crippen molar-refractivity contribution in [2.75, 3.05) is 0 Å². The van der Waals surface area contributed by atoms with Crippen LogP contribution in [0.1, 0.15) is 90.2 Å². The van der Waals surface area contributed by atoms with Gasteiger partial charge in [0.25, 0.3) is 0 Å². The molecular formula is C86H66N2. The van der Waals surface area contributed by atoms with E-state index in [9.17, 15) is 0 Å². The minimum Gasteiger partial charge on any atom is -0.309 e. The van der Waals surface area contributed by atoms with Gasteiger partial charge in [-0.05, 0) is 207 Å². The van der Waals surface area contributed by atoms with Crippen LogP contribution in [0.5, 0.6) is 0 Å². The van der Waals surface area contributed by atoms with E-state index in [0.717, 1.165) is 19.3 Å². The topological polar surface area (TPSA) is 9.86 Å². The summed E-state index contributed by atoms with van der Waals surface area (Å²) in [4.78, 5) is 0. The minimum atomic E-state index is -0.144. The molecule has 0 amide bonds. The molecule has 3 fully saturated rings. The van der Waals surface area contributed by atoms with Crippen LogP contribution < -0.4 is 0 Å². The average molecular weight is 1130 g/mol. The molecule has 0 saturated heterocycles. The van der Waals surface area contributed by atoms with Gasteiger partial charge in [-0.3, -0.25) is 0 Å². The molecular weight excluding hydrogens is 1060 g/mol. The van der Waals surface area contributed by atoms with Crippen LogP contribution in [0.3, 0.4) is 0 Å². The SMILES string of the molecule is Cc1ccccc1-c1ccccc1C12CCCC34CC(CC5(CC(C1)c1ccccc1-c1ccccc15)C23)c1ccccc1-c1c(-n2c3ccccc3c3cc(-c5ccc6c(c5)c5cc(-c7ccccc7)ccc5n6-c5ccccc5)ccc32)cccc14. The fourth-order valence-electron chi connectivity index (χ4n) is 19.9. The zero-order valence-electron chi connectivity index (χ0n) is 49.6. The second-order valence-corrected chi connectivity index (χ2v) is 26.8. The number of aryl methyl sites for hydroxylation is 1. The normalized spacial score (nSPS) is 22.1. The highest BCUT2D eigenvalue weighted by Gasteiger charge is 2.71. The lowest BCUT2D eigenvalue weighted by Crippen LogP contribution is -2.66. The molecule has 88 heavy (non-hydrogen) atoms. The fourth-order valence-corrected chi connectivity index (χ4v) is 19.9. The van der Waals surface area contributed by atoms with Crippen LogP contribution in [0.25, 0.3) is 111 Å². The maximum Gasteiger partial charge on any atom is 0.0543 e. The van der Waals surface area contributed by atoms with Gasteiger partial charge >= 0.3 is 0 Å². The van der Waals surface area contributed by atoms with Crippen molar-refractivity contribution in [2.45, 2.75) is 80.0 Å². The minimum absolute atomic E-state index is 0.113. The first kappa shape index (κ1) is 50.4. The first-order valence-corrected chi connectivity index (χ1v) is 32.3. The number of fused-ring (bicyclic) bond motifs is 16. The molecule has 12 aromatic carbocycles. The van der Waals surface area contributed by atoms with Crippen LogP contribution in [-0.2, 0) is 16.2 Å². The number of nitrogens with zero attached hydrogens (tertiary/aromatic N) is 2. The number of rotatable bonds is 6. The molecule has 0 aliphatic heterocycles. The van der Waals surface area contributed by atoms with Crippen molar-refractivity contribution < 1.29 is 0 Å². The van der Waals surface area contributed by atoms with Crippen LogP contribution in [-0.4, -0.2) is 9.13 Å². The van der Waals surface area contributed by atoms with Gasteiger partial charge in [0.05, 0.1) is 27.8 Å². The van der Waals surface area contributed by atoms with Crippen LogP contribution in [0.15, 0.2) is 279 Å². The van der Waals surface area contributed by atoms with Gasteiger partial charge in [0, 0.05) is 49.0 Å². The Hall–Kier alpha value is -9.76. The maximum atomic E-state index is 2.67. The molecule has 6 unspecified atom stereocenters. The van der Waals surface area contributed by atoms with E-state index >= 15 is 0 Å². The summed E-state index contributed by atoms with van der Waals surface area (Å²) in [6.45, 7) is 2.33. The molecule has 3 saturated carbocycles.